The van der Waals surface area contributed by atoms with Gasteiger partial charge in [0, 0.05) is 29.7 Å². The number of benzene rings is 3. The quantitative estimate of drug-likeness (QED) is 0.335. The van der Waals surface area contributed by atoms with Crippen LogP contribution in [0.4, 0.5) is 5.69 Å². The maximum Gasteiger partial charge on any atom is 0.268 e. The summed E-state index contributed by atoms with van der Waals surface area (Å²) in [6.45, 7) is 6.35. The Morgan fingerprint density at radius 2 is 1.65 bits per heavy atom. The molecule has 192 valence electrons. The second-order valence-electron chi connectivity index (χ2n) is 10.1. The normalized spacial score (nSPS) is 15.3. The molecule has 0 spiro atoms. The van der Waals surface area contributed by atoms with E-state index in [1.54, 1.807) is 30.5 Å². The number of fused-ring (bicyclic) bond motifs is 1. The van der Waals surface area contributed by atoms with Crippen molar-refractivity contribution >= 4 is 32.5 Å². The zero-order valence-electron chi connectivity index (χ0n) is 21.3. The molecule has 0 unspecified atom stereocenters. The molecule has 7 heteroatoms. The van der Waals surface area contributed by atoms with Crippen LogP contribution in [0.15, 0.2) is 90.0 Å². The maximum atomic E-state index is 13.4. The predicted octanol–water partition coefficient (Wildman–Crippen LogP) is 5.85. The van der Waals surface area contributed by atoms with Crippen LogP contribution in [0.25, 0.3) is 10.9 Å². The number of nitrogens with zero attached hydrogens (tertiary/aromatic N) is 2. The fourth-order valence-electron chi connectivity index (χ4n) is 5.07. The molecule has 5 rings (SSSR count). The summed E-state index contributed by atoms with van der Waals surface area (Å²) in [5.41, 5.74) is 3.83. The Morgan fingerprint density at radius 1 is 0.946 bits per heavy atom. The van der Waals surface area contributed by atoms with E-state index in [2.05, 4.69) is 22.3 Å². The highest BCUT2D eigenvalue weighted by Crippen LogP contribution is 2.32. The van der Waals surface area contributed by atoms with Gasteiger partial charge >= 0.3 is 0 Å². The number of amides is 1. The summed E-state index contributed by atoms with van der Waals surface area (Å²) in [6, 6.07) is 24.5. The number of hydrogen-bond acceptors (Lipinski definition) is 4. The average Bonchev–Trinajstić information content (AvgIpc) is 3.29. The minimum absolute atomic E-state index is 0.0282. The fourth-order valence-corrected chi connectivity index (χ4v) is 6.48. The Hall–Kier alpha value is -3.42. The monoisotopic (exact) mass is 515 g/mol. The Bertz CT molecular complexity index is 1500. The molecule has 0 saturated carbocycles. The van der Waals surface area contributed by atoms with Crippen molar-refractivity contribution < 1.29 is 13.2 Å². The fraction of sp³-hybridized carbons (Fsp3) is 0.300. The van der Waals surface area contributed by atoms with Crippen LogP contribution in [0.2, 0.25) is 0 Å². The molecule has 1 aromatic heterocycles. The third kappa shape index (κ3) is 5.33. The zero-order valence-corrected chi connectivity index (χ0v) is 22.1. The summed E-state index contributed by atoms with van der Waals surface area (Å²) < 4.78 is 28.2. The molecule has 0 radical (unpaired) electrons. The van der Waals surface area contributed by atoms with Gasteiger partial charge in [0.1, 0.15) is 0 Å². The van der Waals surface area contributed by atoms with Gasteiger partial charge in [0.2, 0.25) is 5.91 Å². The number of likely N-dealkylation sites (tertiary alicyclic amines) is 1. The topological polar surface area (TPSA) is 71.4 Å². The zero-order chi connectivity index (χ0) is 26.0. The number of rotatable bonds is 7. The number of carbonyl (C=O) groups is 1. The molecule has 6 nitrogen and oxygen atoms in total. The number of para-hydroxylation sites is 1. The predicted molar refractivity (Wildman–Crippen MR) is 148 cm³/mol. The molecule has 0 bridgehead atoms. The van der Waals surface area contributed by atoms with Crippen LogP contribution >= 0.6 is 0 Å². The molecule has 1 fully saturated rings. The van der Waals surface area contributed by atoms with Crippen molar-refractivity contribution in [1.29, 1.82) is 0 Å². The summed E-state index contributed by atoms with van der Waals surface area (Å²) in [5.74, 6) is 0.410. The van der Waals surface area contributed by atoms with E-state index in [4.69, 9.17) is 0 Å². The van der Waals surface area contributed by atoms with Crippen LogP contribution in [-0.2, 0) is 21.4 Å². The van der Waals surface area contributed by atoms with E-state index in [0.29, 0.717) is 18.0 Å². The summed E-state index contributed by atoms with van der Waals surface area (Å²) >= 11 is 0. The number of nitrogens with one attached hydrogen (secondary N) is 1. The Kier molecular flexibility index (Phi) is 7.17. The van der Waals surface area contributed by atoms with Crippen molar-refractivity contribution in [2.24, 2.45) is 5.92 Å². The van der Waals surface area contributed by atoms with E-state index in [0.717, 1.165) is 42.6 Å². The lowest BCUT2D eigenvalue weighted by Gasteiger charge is -2.32. The summed E-state index contributed by atoms with van der Waals surface area (Å²) in [4.78, 5) is 14.8. The second kappa shape index (κ2) is 10.5. The molecule has 4 aromatic rings. The van der Waals surface area contributed by atoms with Gasteiger partial charge in [-0.25, -0.2) is 12.4 Å². The van der Waals surface area contributed by atoms with E-state index < -0.39 is 10.0 Å². The molecular weight excluding hydrogens is 482 g/mol. The summed E-state index contributed by atoms with van der Waals surface area (Å²) in [6.07, 6.45) is 3.82. The van der Waals surface area contributed by atoms with E-state index >= 15 is 0 Å². The van der Waals surface area contributed by atoms with Crippen LogP contribution in [0, 0.1) is 5.92 Å². The van der Waals surface area contributed by atoms with Crippen molar-refractivity contribution in [3.05, 3.63) is 96.2 Å². The van der Waals surface area contributed by atoms with Gasteiger partial charge in [-0.15, -0.1) is 0 Å². The lowest BCUT2D eigenvalue weighted by molar-refractivity contribution is -0.118. The van der Waals surface area contributed by atoms with Gasteiger partial charge in [0.25, 0.3) is 10.0 Å². The molecule has 1 amide bonds. The van der Waals surface area contributed by atoms with Gasteiger partial charge in [-0.1, -0.05) is 62.4 Å². The molecular formula is C30H33N3O3S. The lowest BCUT2D eigenvalue weighted by atomic mass is 9.89. The van der Waals surface area contributed by atoms with Gasteiger partial charge in [0.05, 0.1) is 10.4 Å². The first-order valence-corrected chi connectivity index (χ1v) is 14.3. The smallest absolute Gasteiger partial charge is 0.268 e. The van der Waals surface area contributed by atoms with Crippen molar-refractivity contribution in [3.63, 3.8) is 0 Å². The summed E-state index contributed by atoms with van der Waals surface area (Å²) in [7, 11) is -3.68. The number of aromatic nitrogens is 1. The molecule has 1 saturated heterocycles. The minimum atomic E-state index is -3.68. The van der Waals surface area contributed by atoms with Crippen molar-refractivity contribution in [2.75, 3.05) is 18.4 Å². The van der Waals surface area contributed by atoms with Gasteiger partial charge < -0.3 is 5.32 Å². The van der Waals surface area contributed by atoms with Gasteiger partial charge in [-0.05, 0) is 73.3 Å². The lowest BCUT2D eigenvalue weighted by Crippen LogP contribution is -2.32. The molecule has 1 aliphatic rings. The minimum Gasteiger partial charge on any atom is -0.326 e. The highest BCUT2D eigenvalue weighted by molar-refractivity contribution is 7.90. The number of hydrogen-bond donors (Lipinski definition) is 1. The van der Waals surface area contributed by atoms with Crippen LogP contribution in [0.3, 0.4) is 0 Å². The first-order chi connectivity index (χ1) is 17.8. The highest BCUT2D eigenvalue weighted by atomic mass is 32.2. The molecule has 2 heterocycles. The van der Waals surface area contributed by atoms with E-state index in [-0.39, 0.29) is 16.7 Å². The van der Waals surface area contributed by atoms with E-state index in [1.165, 1.54) is 9.54 Å². The Morgan fingerprint density at radius 3 is 2.38 bits per heavy atom. The second-order valence-corrected chi connectivity index (χ2v) is 11.9. The number of anilines is 1. The molecule has 0 atom stereocenters. The number of piperidine rings is 1. The van der Waals surface area contributed by atoms with Crippen LogP contribution in [0.1, 0.15) is 43.7 Å². The highest BCUT2D eigenvalue weighted by Gasteiger charge is 2.25. The largest absolute Gasteiger partial charge is 0.326 e. The standard InChI is InChI=1S/C30H33N3O3S/c1-22(2)30(34)31-26-10-8-9-24(19-26)23-15-17-32(18-16-23)20-25-21-33(29-14-7-6-13-28(25)29)37(35,36)27-11-4-3-5-12-27/h3-14,19,21-23H,15-18,20H2,1-2H3,(H,31,34). The third-order valence-electron chi connectivity index (χ3n) is 7.19. The van der Waals surface area contributed by atoms with Crippen molar-refractivity contribution in [2.45, 2.75) is 44.0 Å². The molecule has 0 aliphatic carbocycles. The van der Waals surface area contributed by atoms with Crippen molar-refractivity contribution in [3.8, 4) is 0 Å². The van der Waals surface area contributed by atoms with Crippen LogP contribution in [0.5, 0.6) is 0 Å². The van der Waals surface area contributed by atoms with Crippen molar-refractivity contribution in [1.82, 2.24) is 8.87 Å². The SMILES string of the molecule is CC(C)C(=O)Nc1cccc(C2CCN(Cc3cn(S(=O)(=O)c4ccccc4)c4ccccc34)CC2)c1. The Labute approximate surface area is 219 Å². The van der Waals surface area contributed by atoms with Crippen LogP contribution in [-0.4, -0.2) is 36.3 Å². The first kappa shape index (κ1) is 25.2. The van der Waals surface area contributed by atoms with E-state index in [1.807, 2.05) is 56.3 Å². The third-order valence-corrected chi connectivity index (χ3v) is 8.88. The molecule has 1 N–H and O–H groups in total. The average molecular weight is 516 g/mol. The Balaban J connectivity index is 1.31. The van der Waals surface area contributed by atoms with Gasteiger partial charge in [-0.3, -0.25) is 9.69 Å². The maximum absolute atomic E-state index is 13.4. The first-order valence-electron chi connectivity index (χ1n) is 12.9. The molecule has 3 aromatic carbocycles. The number of carbonyl (C=O) groups excluding carboxylic acids is 1. The van der Waals surface area contributed by atoms with Gasteiger partial charge in [0.15, 0.2) is 0 Å². The van der Waals surface area contributed by atoms with Gasteiger partial charge in [-0.2, -0.15) is 0 Å². The van der Waals surface area contributed by atoms with E-state index in [9.17, 15) is 13.2 Å². The summed E-state index contributed by atoms with van der Waals surface area (Å²) in [5, 5.41) is 3.97. The molecule has 37 heavy (non-hydrogen) atoms. The van der Waals surface area contributed by atoms with Crippen LogP contribution < -0.4 is 5.32 Å². The molecule has 1 aliphatic heterocycles.